The second kappa shape index (κ2) is 12.0. The van der Waals surface area contributed by atoms with Crippen molar-refractivity contribution >= 4 is 35.8 Å². The van der Waals surface area contributed by atoms with Gasteiger partial charge in [0.1, 0.15) is 11.6 Å². The van der Waals surface area contributed by atoms with Crippen molar-refractivity contribution < 1.29 is 4.42 Å². The number of nitrogens with one attached hydrogen (secondary N) is 2. The number of anilines is 1. The van der Waals surface area contributed by atoms with E-state index in [-0.39, 0.29) is 30.0 Å². The molecular weight excluding hydrogens is 479 g/mol. The van der Waals surface area contributed by atoms with Gasteiger partial charge in [0.15, 0.2) is 5.96 Å². The first-order valence-electron chi connectivity index (χ1n) is 10.0. The number of furan rings is 1. The molecule has 1 atom stereocenters. The molecule has 0 saturated carbocycles. The number of aromatic nitrogens is 1. The van der Waals surface area contributed by atoms with Crippen LogP contribution in [-0.2, 0) is 6.54 Å². The van der Waals surface area contributed by atoms with Crippen molar-refractivity contribution in [3.05, 3.63) is 48.0 Å². The SMILES string of the molecule is CN=C(NCc1cccc(N(C)C)n1)NCC(c1ccco1)N1CCCCC1.I. The highest BCUT2D eigenvalue weighted by molar-refractivity contribution is 14.0. The zero-order chi connectivity index (χ0) is 19.8. The highest BCUT2D eigenvalue weighted by Crippen LogP contribution is 2.24. The summed E-state index contributed by atoms with van der Waals surface area (Å²) in [4.78, 5) is 13.5. The van der Waals surface area contributed by atoms with E-state index < -0.39 is 0 Å². The van der Waals surface area contributed by atoms with Crippen LogP contribution in [0.4, 0.5) is 5.82 Å². The van der Waals surface area contributed by atoms with E-state index in [9.17, 15) is 0 Å². The summed E-state index contributed by atoms with van der Waals surface area (Å²) >= 11 is 0. The Morgan fingerprint density at radius 3 is 2.62 bits per heavy atom. The molecule has 3 heterocycles. The summed E-state index contributed by atoms with van der Waals surface area (Å²) in [6.07, 6.45) is 5.57. The zero-order valence-corrected chi connectivity index (χ0v) is 19.9. The number of rotatable bonds is 7. The van der Waals surface area contributed by atoms with Crippen molar-refractivity contribution in [2.45, 2.75) is 31.8 Å². The van der Waals surface area contributed by atoms with Gasteiger partial charge in [-0.05, 0) is 50.2 Å². The van der Waals surface area contributed by atoms with Gasteiger partial charge in [0.25, 0.3) is 0 Å². The highest BCUT2D eigenvalue weighted by Gasteiger charge is 2.24. The summed E-state index contributed by atoms with van der Waals surface area (Å²) in [5.74, 6) is 2.72. The fourth-order valence-electron chi connectivity index (χ4n) is 3.52. The van der Waals surface area contributed by atoms with Crippen molar-refractivity contribution in [3.8, 4) is 0 Å². The Labute approximate surface area is 191 Å². The van der Waals surface area contributed by atoms with E-state index in [1.807, 2.05) is 43.3 Å². The third kappa shape index (κ3) is 6.88. The van der Waals surface area contributed by atoms with Crippen LogP contribution in [0.15, 0.2) is 46.0 Å². The number of hydrogen-bond donors (Lipinski definition) is 2. The molecule has 2 aromatic heterocycles. The molecule has 0 amide bonds. The highest BCUT2D eigenvalue weighted by atomic mass is 127. The van der Waals surface area contributed by atoms with Gasteiger partial charge in [-0.25, -0.2) is 4.98 Å². The summed E-state index contributed by atoms with van der Waals surface area (Å²) in [5.41, 5.74) is 0.979. The summed E-state index contributed by atoms with van der Waals surface area (Å²) < 4.78 is 5.72. The van der Waals surface area contributed by atoms with Crippen LogP contribution in [0.25, 0.3) is 0 Å². The van der Waals surface area contributed by atoms with Gasteiger partial charge >= 0.3 is 0 Å². The molecule has 29 heavy (non-hydrogen) atoms. The predicted molar refractivity (Wildman–Crippen MR) is 129 cm³/mol. The molecule has 1 unspecified atom stereocenters. The lowest BCUT2D eigenvalue weighted by atomic mass is 10.1. The Kier molecular flexibility index (Phi) is 9.72. The fraction of sp³-hybridized carbons (Fsp3) is 0.524. The Balaban J connectivity index is 0.00000300. The van der Waals surface area contributed by atoms with Gasteiger partial charge in [-0.15, -0.1) is 24.0 Å². The van der Waals surface area contributed by atoms with E-state index >= 15 is 0 Å². The van der Waals surface area contributed by atoms with Crippen LogP contribution in [0.5, 0.6) is 0 Å². The van der Waals surface area contributed by atoms with Gasteiger partial charge < -0.3 is 20.0 Å². The van der Waals surface area contributed by atoms with Crippen molar-refractivity contribution in [2.24, 2.45) is 4.99 Å². The van der Waals surface area contributed by atoms with E-state index in [0.717, 1.165) is 42.9 Å². The van der Waals surface area contributed by atoms with Crippen molar-refractivity contribution in [3.63, 3.8) is 0 Å². The van der Waals surface area contributed by atoms with Gasteiger partial charge in [0.05, 0.1) is 24.5 Å². The summed E-state index contributed by atoms with van der Waals surface area (Å²) in [5, 5.41) is 6.83. The maximum absolute atomic E-state index is 5.72. The van der Waals surface area contributed by atoms with E-state index in [0.29, 0.717) is 6.54 Å². The molecule has 0 bridgehead atoms. The number of nitrogens with zero attached hydrogens (tertiary/aromatic N) is 4. The lowest BCUT2D eigenvalue weighted by Crippen LogP contribution is -2.44. The van der Waals surface area contributed by atoms with Gasteiger partial charge in [-0.2, -0.15) is 0 Å². The van der Waals surface area contributed by atoms with Gasteiger partial charge in [-0.1, -0.05) is 12.5 Å². The van der Waals surface area contributed by atoms with Crippen LogP contribution in [-0.4, -0.2) is 56.6 Å². The Morgan fingerprint density at radius 1 is 1.17 bits per heavy atom. The summed E-state index contributed by atoms with van der Waals surface area (Å²) in [6.45, 7) is 3.59. The second-order valence-corrected chi connectivity index (χ2v) is 7.32. The molecular formula is C21H33IN6O. The van der Waals surface area contributed by atoms with E-state index in [2.05, 4.69) is 31.6 Å². The van der Waals surface area contributed by atoms with Crippen LogP contribution in [0, 0.1) is 0 Å². The molecule has 2 aromatic rings. The summed E-state index contributed by atoms with van der Waals surface area (Å²) in [6, 6.07) is 10.3. The quantitative estimate of drug-likeness (QED) is 0.338. The number of piperidine rings is 1. The molecule has 0 spiro atoms. The minimum absolute atomic E-state index is 0. The molecule has 1 fully saturated rings. The smallest absolute Gasteiger partial charge is 0.191 e. The van der Waals surface area contributed by atoms with Gasteiger partial charge in [-0.3, -0.25) is 9.89 Å². The second-order valence-electron chi connectivity index (χ2n) is 7.32. The van der Waals surface area contributed by atoms with Crippen LogP contribution < -0.4 is 15.5 Å². The Hall–Kier alpha value is -1.81. The number of halogens is 1. The monoisotopic (exact) mass is 512 g/mol. The molecule has 8 heteroatoms. The number of hydrogen-bond acceptors (Lipinski definition) is 5. The first-order chi connectivity index (χ1) is 13.7. The Bertz CT molecular complexity index is 743. The van der Waals surface area contributed by atoms with Crippen LogP contribution in [0.1, 0.15) is 36.8 Å². The molecule has 0 aromatic carbocycles. The largest absolute Gasteiger partial charge is 0.468 e. The minimum atomic E-state index is 0. The molecule has 1 aliphatic rings. The topological polar surface area (TPSA) is 68.9 Å². The minimum Gasteiger partial charge on any atom is -0.468 e. The van der Waals surface area contributed by atoms with Crippen molar-refractivity contribution in [2.75, 3.05) is 45.7 Å². The zero-order valence-electron chi connectivity index (χ0n) is 17.6. The number of guanidine groups is 1. The molecule has 0 radical (unpaired) electrons. The standard InChI is InChI=1S/C21H32N6O.HI/c1-22-21(23-15-17-9-7-11-20(25-17)26(2)3)24-16-18(19-10-8-14-28-19)27-12-5-4-6-13-27;/h7-11,14,18H,4-6,12-13,15-16H2,1-3H3,(H2,22,23,24);1H. The van der Waals surface area contributed by atoms with Crippen LogP contribution in [0.2, 0.25) is 0 Å². The van der Waals surface area contributed by atoms with E-state index in [4.69, 9.17) is 4.42 Å². The van der Waals surface area contributed by atoms with Crippen molar-refractivity contribution in [1.82, 2.24) is 20.5 Å². The predicted octanol–water partition coefficient (Wildman–Crippen LogP) is 3.25. The number of likely N-dealkylation sites (tertiary alicyclic amines) is 1. The van der Waals surface area contributed by atoms with E-state index in [1.54, 1.807) is 13.3 Å². The van der Waals surface area contributed by atoms with Crippen LogP contribution >= 0.6 is 24.0 Å². The number of pyridine rings is 1. The molecule has 160 valence electrons. The third-order valence-electron chi connectivity index (χ3n) is 5.08. The maximum Gasteiger partial charge on any atom is 0.191 e. The maximum atomic E-state index is 5.72. The molecule has 3 rings (SSSR count). The molecule has 7 nitrogen and oxygen atoms in total. The fourth-order valence-corrected chi connectivity index (χ4v) is 3.52. The van der Waals surface area contributed by atoms with E-state index in [1.165, 1.54) is 19.3 Å². The normalized spacial score (nSPS) is 16.0. The summed E-state index contributed by atoms with van der Waals surface area (Å²) in [7, 11) is 5.78. The van der Waals surface area contributed by atoms with Gasteiger partial charge in [0.2, 0.25) is 0 Å². The molecule has 2 N–H and O–H groups in total. The Morgan fingerprint density at radius 2 is 1.97 bits per heavy atom. The van der Waals surface area contributed by atoms with Crippen molar-refractivity contribution in [1.29, 1.82) is 0 Å². The molecule has 1 aliphatic heterocycles. The first kappa shape index (κ1) is 23.5. The number of aliphatic imine (C=N–C) groups is 1. The molecule has 0 aliphatic carbocycles. The lowest BCUT2D eigenvalue weighted by molar-refractivity contribution is 0.146. The third-order valence-corrected chi connectivity index (χ3v) is 5.08. The lowest BCUT2D eigenvalue weighted by Gasteiger charge is -2.33. The van der Waals surface area contributed by atoms with Crippen LogP contribution in [0.3, 0.4) is 0 Å². The van der Waals surface area contributed by atoms with Gasteiger partial charge in [0, 0.05) is 27.7 Å². The average Bonchev–Trinajstić information content (AvgIpc) is 3.26. The average molecular weight is 512 g/mol. The molecule has 1 saturated heterocycles. The first-order valence-corrected chi connectivity index (χ1v) is 10.0.